The highest BCUT2D eigenvalue weighted by Gasteiger charge is 2.05. The van der Waals surface area contributed by atoms with Gasteiger partial charge in [0.05, 0.1) is 19.8 Å². The molecule has 0 radical (unpaired) electrons. The third-order valence-electron chi connectivity index (χ3n) is 4.34. The molecule has 3 aromatic rings. The number of urea groups is 1. The van der Waals surface area contributed by atoms with Crippen molar-refractivity contribution in [2.45, 2.75) is 6.54 Å². The number of methoxy groups -OCH3 is 2. The van der Waals surface area contributed by atoms with Gasteiger partial charge < -0.3 is 20.1 Å². The lowest BCUT2D eigenvalue weighted by Gasteiger charge is -2.09. The summed E-state index contributed by atoms with van der Waals surface area (Å²) in [4.78, 5) is 23.9. The monoisotopic (exact) mass is 414 g/mol. The Hall–Kier alpha value is -4.24. The summed E-state index contributed by atoms with van der Waals surface area (Å²) in [7, 11) is 2.94. The highest BCUT2D eigenvalue weighted by Crippen LogP contribution is 2.13. The summed E-state index contributed by atoms with van der Waals surface area (Å²) in [5.41, 5.74) is 3.42. The van der Waals surface area contributed by atoms with Gasteiger partial charge >= 0.3 is 12.0 Å². The minimum atomic E-state index is -0.408. The van der Waals surface area contributed by atoms with Gasteiger partial charge in [0.1, 0.15) is 5.75 Å². The second-order valence-corrected chi connectivity index (χ2v) is 6.56. The van der Waals surface area contributed by atoms with Gasteiger partial charge in [-0.1, -0.05) is 36.1 Å². The normalized spacial score (nSPS) is 9.74. The van der Waals surface area contributed by atoms with Crippen LogP contribution in [0.15, 0.2) is 72.8 Å². The number of amides is 2. The van der Waals surface area contributed by atoms with Gasteiger partial charge in [0.15, 0.2) is 0 Å². The second-order valence-electron chi connectivity index (χ2n) is 6.56. The first-order valence-corrected chi connectivity index (χ1v) is 9.55. The zero-order valence-corrected chi connectivity index (χ0v) is 17.3. The topological polar surface area (TPSA) is 76.7 Å². The Bertz CT molecular complexity index is 1150. The number of carbonyl (C=O) groups excluding carboxylic acids is 2. The van der Waals surface area contributed by atoms with Crippen molar-refractivity contribution in [1.29, 1.82) is 0 Å². The number of hydrogen-bond donors (Lipinski definition) is 2. The molecule has 0 heterocycles. The molecule has 0 aliphatic rings. The molecular weight excluding hydrogens is 392 g/mol. The first-order valence-electron chi connectivity index (χ1n) is 9.55. The van der Waals surface area contributed by atoms with Gasteiger partial charge in [-0.25, -0.2) is 9.59 Å². The van der Waals surface area contributed by atoms with Crippen molar-refractivity contribution in [3.8, 4) is 17.6 Å². The molecule has 0 unspecified atom stereocenters. The van der Waals surface area contributed by atoms with Crippen LogP contribution < -0.4 is 15.4 Å². The average Bonchev–Trinajstić information content (AvgIpc) is 2.81. The van der Waals surface area contributed by atoms with Crippen LogP contribution in [0.25, 0.3) is 0 Å². The Morgan fingerprint density at radius 3 is 2.32 bits per heavy atom. The van der Waals surface area contributed by atoms with Gasteiger partial charge in [-0.3, -0.25) is 0 Å². The number of benzene rings is 3. The molecule has 0 spiro atoms. The van der Waals surface area contributed by atoms with Crippen LogP contribution in [0, 0.1) is 11.8 Å². The smallest absolute Gasteiger partial charge is 0.337 e. The molecule has 0 saturated heterocycles. The number of carbonyl (C=O) groups is 2. The number of hydrogen-bond acceptors (Lipinski definition) is 4. The maximum Gasteiger partial charge on any atom is 0.337 e. The SMILES string of the molecule is COC(=O)c1cccc(C#Cc2cccc(NC(=O)NCc3cccc(OC)c3)c2)c1. The first-order chi connectivity index (χ1) is 15.1. The van der Waals surface area contributed by atoms with Crippen LogP contribution in [-0.4, -0.2) is 26.2 Å². The summed E-state index contributed by atoms with van der Waals surface area (Å²) in [6.07, 6.45) is 0. The molecular formula is C25H22N2O4. The predicted octanol–water partition coefficient (Wildman–Crippen LogP) is 4.20. The van der Waals surface area contributed by atoms with Gasteiger partial charge in [-0.15, -0.1) is 0 Å². The molecule has 0 bridgehead atoms. The van der Waals surface area contributed by atoms with Gasteiger partial charge in [0.2, 0.25) is 0 Å². The molecule has 0 fully saturated rings. The van der Waals surface area contributed by atoms with E-state index >= 15 is 0 Å². The lowest BCUT2D eigenvalue weighted by Crippen LogP contribution is -2.28. The second kappa shape index (κ2) is 10.5. The number of anilines is 1. The van der Waals surface area contributed by atoms with Crippen LogP contribution in [0.4, 0.5) is 10.5 Å². The first kappa shape index (κ1) is 21.5. The maximum atomic E-state index is 12.2. The van der Waals surface area contributed by atoms with E-state index < -0.39 is 5.97 Å². The average molecular weight is 414 g/mol. The molecule has 0 saturated carbocycles. The van der Waals surface area contributed by atoms with E-state index in [1.807, 2.05) is 42.5 Å². The standard InChI is InChI=1S/C25H22N2O4/c1-30-23-11-5-8-20(16-23)17-26-25(29)27-22-10-4-7-19(15-22)13-12-18-6-3-9-21(14-18)24(28)31-2/h3-11,14-16H,17H2,1-2H3,(H2,26,27,29). The van der Waals surface area contributed by atoms with Crippen LogP contribution in [0.2, 0.25) is 0 Å². The fraction of sp³-hybridized carbons (Fsp3) is 0.120. The molecule has 6 heteroatoms. The summed E-state index contributed by atoms with van der Waals surface area (Å²) >= 11 is 0. The van der Waals surface area contributed by atoms with Gasteiger partial charge in [-0.2, -0.15) is 0 Å². The number of esters is 1. The molecule has 3 aromatic carbocycles. The summed E-state index contributed by atoms with van der Waals surface area (Å²) in [6.45, 7) is 0.374. The van der Waals surface area contributed by atoms with Crippen molar-refractivity contribution >= 4 is 17.7 Å². The third kappa shape index (κ3) is 6.38. The van der Waals surface area contributed by atoms with Gasteiger partial charge in [0.25, 0.3) is 0 Å². The molecule has 6 nitrogen and oxygen atoms in total. The lowest BCUT2D eigenvalue weighted by molar-refractivity contribution is 0.0600. The van der Waals surface area contributed by atoms with Crippen molar-refractivity contribution in [1.82, 2.24) is 5.32 Å². The molecule has 2 amide bonds. The van der Waals surface area contributed by atoms with E-state index in [4.69, 9.17) is 9.47 Å². The fourth-order valence-corrected chi connectivity index (χ4v) is 2.80. The van der Waals surface area contributed by atoms with E-state index in [1.54, 1.807) is 37.4 Å². The maximum absolute atomic E-state index is 12.2. The molecule has 0 aliphatic heterocycles. The molecule has 0 aromatic heterocycles. The zero-order chi connectivity index (χ0) is 22.1. The van der Waals surface area contributed by atoms with E-state index in [-0.39, 0.29) is 6.03 Å². The lowest BCUT2D eigenvalue weighted by atomic mass is 10.1. The number of ether oxygens (including phenoxy) is 2. The van der Waals surface area contributed by atoms with Crippen molar-refractivity contribution in [2.24, 2.45) is 0 Å². The molecule has 3 rings (SSSR count). The third-order valence-corrected chi connectivity index (χ3v) is 4.34. The minimum Gasteiger partial charge on any atom is -0.497 e. The largest absolute Gasteiger partial charge is 0.497 e. The van der Waals surface area contributed by atoms with Gasteiger partial charge in [0, 0.05) is 23.4 Å². The summed E-state index contributed by atoms with van der Waals surface area (Å²) in [6, 6.07) is 21.3. The zero-order valence-electron chi connectivity index (χ0n) is 17.3. The quantitative estimate of drug-likeness (QED) is 0.485. The number of rotatable bonds is 5. The fourth-order valence-electron chi connectivity index (χ4n) is 2.80. The Balaban J connectivity index is 1.62. The Labute approximate surface area is 181 Å². The van der Waals surface area contributed by atoms with Gasteiger partial charge in [-0.05, 0) is 54.1 Å². The van der Waals surface area contributed by atoms with E-state index in [9.17, 15) is 9.59 Å². The molecule has 156 valence electrons. The summed E-state index contributed by atoms with van der Waals surface area (Å²) in [5, 5.41) is 5.61. The van der Waals surface area contributed by atoms with Crippen molar-refractivity contribution in [3.63, 3.8) is 0 Å². The minimum absolute atomic E-state index is 0.321. The van der Waals surface area contributed by atoms with E-state index in [1.165, 1.54) is 7.11 Å². The Morgan fingerprint density at radius 1 is 0.871 bits per heavy atom. The van der Waals surface area contributed by atoms with Crippen molar-refractivity contribution in [2.75, 3.05) is 19.5 Å². The Morgan fingerprint density at radius 2 is 1.58 bits per heavy atom. The van der Waals surface area contributed by atoms with E-state index in [2.05, 4.69) is 22.5 Å². The highest BCUT2D eigenvalue weighted by atomic mass is 16.5. The van der Waals surface area contributed by atoms with Crippen LogP contribution in [0.3, 0.4) is 0 Å². The van der Waals surface area contributed by atoms with Crippen molar-refractivity contribution < 1.29 is 19.1 Å². The highest BCUT2D eigenvalue weighted by molar-refractivity contribution is 5.90. The van der Waals surface area contributed by atoms with Crippen molar-refractivity contribution in [3.05, 3.63) is 95.1 Å². The molecule has 2 N–H and O–H groups in total. The Kier molecular flexibility index (Phi) is 7.28. The van der Waals surface area contributed by atoms with Crippen LogP contribution in [0.1, 0.15) is 27.0 Å². The molecule has 0 aliphatic carbocycles. The number of nitrogens with one attached hydrogen (secondary N) is 2. The molecule has 0 atom stereocenters. The summed E-state index contributed by atoms with van der Waals surface area (Å²) < 4.78 is 9.91. The predicted molar refractivity (Wildman–Crippen MR) is 119 cm³/mol. The van der Waals surface area contributed by atoms with E-state index in [0.717, 1.165) is 16.9 Å². The van der Waals surface area contributed by atoms with E-state index in [0.29, 0.717) is 23.4 Å². The molecule has 31 heavy (non-hydrogen) atoms. The van der Waals surface area contributed by atoms with Crippen LogP contribution in [-0.2, 0) is 11.3 Å². The summed E-state index contributed by atoms with van der Waals surface area (Å²) in [5.74, 6) is 6.39. The van der Waals surface area contributed by atoms with Crippen LogP contribution in [0.5, 0.6) is 5.75 Å². The van der Waals surface area contributed by atoms with Crippen LogP contribution >= 0.6 is 0 Å².